The van der Waals surface area contributed by atoms with Crippen molar-refractivity contribution in [3.8, 4) is 0 Å². The van der Waals surface area contributed by atoms with E-state index in [2.05, 4.69) is 10.2 Å². The molecule has 0 bridgehead atoms. The van der Waals surface area contributed by atoms with Crippen molar-refractivity contribution >= 4 is 5.97 Å². The molecule has 4 heteroatoms. The van der Waals surface area contributed by atoms with Crippen LogP contribution in [0, 0.1) is 10.8 Å². The highest BCUT2D eigenvalue weighted by atomic mass is 16.4. The number of carbonyl (C=O) groups is 1. The second-order valence-corrected chi connectivity index (χ2v) is 6.30. The third-order valence-electron chi connectivity index (χ3n) is 2.90. The highest BCUT2D eigenvalue weighted by molar-refractivity contribution is 5.83. The SMILES string of the molecule is CC(C)(C)C1=CC(C(=O)O)(C(C)(C)C)N=N1. The Kier molecular flexibility index (Phi) is 2.74. The number of carboxylic acids is 1. The highest BCUT2D eigenvalue weighted by Crippen LogP contribution is 2.44. The summed E-state index contributed by atoms with van der Waals surface area (Å²) in [6.07, 6.45) is 1.69. The van der Waals surface area contributed by atoms with E-state index in [1.807, 2.05) is 41.5 Å². The molecule has 4 nitrogen and oxygen atoms in total. The lowest BCUT2D eigenvalue weighted by atomic mass is 9.73. The minimum Gasteiger partial charge on any atom is -0.479 e. The summed E-state index contributed by atoms with van der Waals surface area (Å²) < 4.78 is 0. The third kappa shape index (κ3) is 1.88. The fourth-order valence-corrected chi connectivity index (χ4v) is 1.55. The van der Waals surface area contributed by atoms with E-state index in [1.165, 1.54) is 0 Å². The quantitative estimate of drug-likeness (QED) is 0.743. The fourth-order valence-electron chi connectivity index (χ4n) is 1.55. The van der Waals surface area contributed by atoms with Gasteiger partial charge in [-0.15, -0.1) is 0 Å². The van der Waals surface area contributed by atoms with Crippen molar-refractivity contribution in [3.63, 3.8) is 0 Å². The highest BCUT2D eigenvalue weighted by Gasteiger charge is 2.51. The van der Waals surface area contributed by atoms with Gasteiger partial charge in [-0.1, -0.05) is 41.5 Å². The van der Waals surface area contributed by atoms with Gasteiger partial charge in [0.15, 0.2) is 0 Å². The lowest BCUT2D eigenvalue weighted by Crippen LogP contribution is -2.45. The van der Waals surface area contributed by atoms with Crippen molar-refractivity contribution in [1.82, 2.24) is 0 Å². The average Bonchev–Trinajstić information content (AvgIpc) is 2.45. The predicted molar refractivity (Wildman–Crippen MR) is 62.2 cm³/mol. The van der Waals surface area contributed by atoms with Crippen molar-refractivity contribution in [2.75, 3.05) is 0 Å². The molecule has 1 heterocycles. The Bertz CT molecular complexity index is 369. The second kappa shape index (κ2) is 3.40. The van der Waals surface area contributed by atoms with Crippen LogP contribution in [0.25, 0.3) is 0 Å². The van der Waals surface area contributed by atoms with Gasteiger partial charge in [-0.25, -0.2) is 4.79 Å². The maximum absolute atomic E-state index is 11.4. The molecule has 1 atom stereocenters. The summed E-state index contributed by atoms with van der Waals surface area (Å²) in [5.74, 6) is -0.942. The maximum Gasteiger partial charge on any atom is 0.338 e. The van der Waals surface area contributed by atoms with Gasteiger partial charge < -0.3 is 5.11 Å². The fraction of sp³-hybridized carbons (Fsp3) is 0.750. The van der Waals surface area contributed by atoms with E-state index in [1.54, 1.807) is 6.08 Å². The summed E-state index contributed by atoms with van der Waals surface area (Å²) in [5, 5.41) is 17.5. The molecular formula is C12H20N2O2. The van der Waals surface area contributed by atoms with E-state index in [0.29, 0.717) is 0 Å². The molecule has 0 aliphatic carbocycles. The number of azo groups is 1. The molecule has 0 amide bonds. The van der Waals surface area contributed by atoms with Gasteiger partial charge in [0.1, 0.15) is 0 Å². The van der Waals surface area contributed by atoms with Crippen LogP contribution in [0.5, 0.6) is 0 Å². The number of hydrogen-bond donors (Lipinski definition) is 1. The lowest BCUT2D eigenvalue weighted by Gasteiger charge is -2.32. The summed E-state index contributed by atoms with van der Waals surface area (Å²) in [4.78, 5) is 11.4. The molecular weight excluding hydrogens is 204 g/mol. The van der Waals surface area contributed by atoms with Gasteiger partial charge in [0.05, 0.1) is 5.70 Å². The third-order valence-corrected chi connectivity index (χ3v) is 2.90. The molecule has 90 valence electrons. The first kappa shape index (κ1) is 12.9. The number of aliphatic carboxylic acids is 1. The summed E-state index contributed by atoms with van der Waals surface area (Å²) in [5.41, 5.74) is -1.15. The second-order valence-electron chi connectivity index (χ2n) is 6.30. The Morgan fingerprint density at radius 1 is 1.25 bits per heavy atom. The zero-order chi connectivity index (χ0) is 12.8. The molecule has 0 spiro atoms. The van der Waals surface area contributed by atoms with Gasteiger partial charge in [-0.05, 0) is 6.08 Å². The van der Waals surface area contributed by atoms with Crippen LogP contribution in [0.3, 0.4) is 0 Å². The molecule has 16 heavy (non-hydrogen) atoms. The summed E-state index contributed by atoms with van der Waals surface area (Å²) in [7, 11) is 0. The number of hydrogen-bond acceptors (Lipinski definition) is 3. The number of nitrogens with zero attached hydrogens (tertiary/aromatic N) is 2. The average molecular weight is 224 g/mol. The van der Waals surface area contributed by atoms with Gasteiger partial charge >= 0.3 is 5.97 Å². The lowest BCUT2D eigenvalue weighted by molar-refractivity contribution is -0.144. The van der Waals surface area contributed by atoms with Crippen LogP contribution in [0.15, 0.2) is 22.0 Å². The summed E-state index contributed by atoms with van der Waals surface area (Å²) in [6, 6.07) is 0. The van der Waals surface area contributed by atoms with Crippen LogP contribution in [0.2, 0.25) is 0 Å². The minimum atomic E-state index is -1.23. The van der Waals surface area contributed by atoms with E-state index in [4.69, 9.17) is 0 Å². The smallest absolute Gasteiger partial charge is 0.338 e. The molecule has 0 fully saturated rings. The first-order valence-corrected chi connectivity index (χ1v) is 5.40. The molecule has 0 aromatic rings. The molecule has 1 unspecified atom stereocenters. The predicted octanol–water partition coefficient (Wildman–Crippen LogP) is 3.25. The van der Waals surface area contributed by atoms with E-state index >= 15 is 0 Å². The van der Waals surface area contributed by atoms with Crippen LogP contribution in [0.4, 0.5) is 0 Å². The molecule has 0 saturated heterocycles. The number of allylic oxidation sites excluding steroid dienone is 1. The zero-order valence-corrected chi connectivity index (χ0v) is 10.8. The van der Waals surface area contributed by atoms with E-state index < -0.39 is 16.9 Å². The molecule has 0 aromatic carbocycles. The van der Waals surface area contributed by atoms with E-state index in [-0.39, 0.29) is 5.41 Å². The zero-order valence-electron chi connectivity index (χ0n) is 10.8. The molecule has 1 aliphatic heterocycles. The molecule has 0 aromatic heterocycles. The first-order valence-electron chi connectivity index (χ1n) is 5.40. The summed E-state index contributed by atoms with van der Waals surface area (Å²) in [6.45, 7) is 11.6. The van der Waals surface area contributed by atoms with Gasteiger partial charge in [-0.2, -0.15) is 10.2 Å². The van der Waals surface area contributed by atoms with Crippen molar-refractivity contribution < 1.29 is 9.90 Å². The van der Waals surface area contributed by atoms with Crippen molar-refractivity contribution in [3.05, 3.63) is 11.8 Å². The normalized spacial score (nSPS) is 25.8. The van der Waals surface area contributed by atoms with Crippen molar-refractivity contribution in [2.45, 2.75) is 47.1 Å². The molecule has 0 radical (unpaired) electrons. The maximum atomic E-state index is 11.4. The Balaban J connectivity index is 3.28. The minimum absolute atomic E-state index is 0.175. The van der Waals surface area contributed by atoms with Crippen molar-refractivity contribution in [1.29, 1.82) is 0 Å². The van der Waals surface area contributed by atoms with E-state index in [0.717, 1.165) is 5.70 Å². The van der Waals surface area contributed by atoms with Crippen LogP contribution in [-0.4, -0.2) is 16.6 Å². The Labute approximate surface area is 96.5 Å². The molecule has 1 aliphatic rings. The molecule has 1 rings (SSSR count). The van der Waals surface area contributed by atoms with E-state index in [9.17, 15) is 9.90 Å². The number of rotatable bonds is 1. The Morgan fingerprint density at radius 3 is 1.94 bits per heavy atom. The Morgan fingerprint density at radius 2 is 1.75 bits per heavy atom. The summed E-state index contributed by atoms with van der Waals surface area (Å²) >= 11 is 0. The Hall–Kier alpha value is -1.19. The van der Waals surface area contributed by atoms with Gasteiger partial charge in [0, 0.05) is 10.8 Å². The van der Waals surface area contributed by atoms with Gasteiger partial charge in [0.2, 0.25) is 5.54 Å². The first-order chi connectivity index (χ1) is 7.01. The number of carboxylic acid groups (broad SMARTS) is 1. The monoisotopic (exact) mass is 224 g/mol. The van der Waals surface area contributed by atoms with Crippen LogP contribution in [0.1, 0.15) is 41.5 Å². The van der Waals surface area contributed by atoms with Crippen LogP contribution < -0.4 is 0 Å². The van der Waals surface area contributed by atoms with Gasteiger partial charge in [0.25, 0.3) is 0 Å². The standard InChI is InChI=1S/C12H20N2O2/c1-10(2,3)8-7-12(9(15)16,14-13-8)11(4,5)6/h7H,1-6H3,(H,15,16). The largest absolute Gasteiger partial charge is 0.479 e. The van der Waals surface area contributed by atoms with Gasteiger partial charge in [-0.3, -0.25) is 0 Å². The van der Waals surface area contributed by atoms with Crippen LogP contribution in [-0.2, 0) is 4.79 Å². The van der Waals surface area contributed by atoms with Crippen molar-refractivity contribution in [2.24, 2.45) is 21.1 Å². The van der Waals surface area contributed by atoms with Crippen LogP contribution >= 0.6 is 0 Å². The molecule has 0 saturated carbocycles. The topological polar surface area (TPSA) is 62.0 Å². The molecule has 1 N–H and O–H groups in total.